The van der Waals surface area contributed by atoms with E-state index in [1.165, 1.54) is 12.8 Å². The van der Waals surface area contributed by atoms with E-state index in [0.717, 1.165) is 26.1 Å². The molecule has 0 aromatic heterocycles. The molecule has 0 aliphatic heterocycles. The Balaban J connectivity index is 2.33. The number of rotatable bonds is 9. The van der Waals surface area contributed by atoms with Crippen LogP contribution in [0.25, 0.3) is 0 Å². The average Bonchev–Trinajstić information content (AvgIpc) is 2.45. The van der Waals surface area contributed by atoms with Gasteiger partial charge in [-0.1, -0.05) is 31.9 Å². The van der Waals surface area contributed by atoms with Crippen LogP contribution in [0.2, 0.25) is 5.02 Å². The molecule has 1 aromatic carbocycles. The zero-order valence-electron chi connectivity index (χ0n) is 13.0. The van der Waals surface area contributed by atoms with Gasteiger partial charge in [0.1, 0.15) is 0 Å². The summed E-state index contributed by atoms with van der Waals surface area (Å²) >= 11 is 5.83. The number of carbonyl (C=O) groups is 1. The van der Waals surface area contributed by atoms with Gasteiger partial charge < -0.3 is 16.0 Å². The molecule has 5 heteroatoms. The van der Waals surface area contributed by atoms with Crippen molar-refractivity contribution in [3.05, 3.63) is 23.2 Å². The molecule has 0 saturated carbocycles. The Morgan fingerprint density at radius 3 is 2.62 bits per heavy atom. The van der Waals surface area contributed by atoms with E-state index in [1.54, 1.807) is 18.2 Å². The fraction of sp³-hybridized carbons (Fsp3) is 0.562. The molecule has 118 valence electrons. The molecule has 0 spiro atoms. The summed E-state index contributed by atoms with van der Waals surface area (Å²) in [6, 6.07) is 5.09. The van der Waals surface area contributed by atoms with Gasteiger partial charge in [-0.2, -0.15) is 0 Å². The Kier molecular flexibility index (Phi) is 8.16. The molecule has 1 rings (SSSR count). The third-order valence-corrected chi connectivity index (χ3v) is 3.68. The van der Waals surface area contributed by atoms with Crippen LogP contribution in [0.5, 0.6) is 0 Å². The number of hydrogen-bond donors (Lipinski definition) is 2. The molecule has 0 radical (unpaired) electrons. The standard InChI is InChI=1S/C16H26ClN3O/c1-3-5-10-20(4-2)11-6-7-16(21)19-15-9-8-13(17)12-14(15)18/h8-9,12H,3-7,10-11,18H2,1-2H3,(H,19,21). The number of hydrogen-bond acceptors (Lipinski definition) is 3. The Morgan fingerprint density at radius 2 is 2.00 bits per heavy atom. The van der Waals surface area contributed by atoms with Crippen LogP contribution < -0.4 is 11.1 Å². The highest BCUT2D eigenvalue weighted by Gasteiger charge is 2.07. The zero-order valence-corrected chi connectivity index (χ0v) is 13.7. The Morgan fingerprint density at radius 1 is 1.29 bits per heavy atom. The Bertz CT molecular complexity index is 451. The summed E-state index contributed by atoms with van der Waals surface area (Å²) in [6.07, 6.45) is 3.77. The van der Waals surface area contributed by atoms with Crippen molar-refractivity contribution in [1.29, 1.82) is 0 Å². The van der Waals surface area contributed by atoms with Crippen molar-refractivity contribution in [2.24, 2.45) is 0 Å². The molecule has 0 atom stereocenters. The van der Waals surface area contributed by atoms with E-state index in [9.17, 15) is 4.79 Å². The number of carbonyl (C=O) groups excluding carboxylic acids is 1. The third-order valence-electron chi connectivity index (χ3n) is 3.44. The lowest BCUT2D eigenvalue weighted by molar-refractivity contribution is -0.116. The molecule has 0 bridgehead atoms. The third kappa shape index (κ3) is 6.82. The molecular formula is C16H26ClN3O. The summed E-state index contributed by atoms with van der Waals surface area (Å²) in [7, 11) is 0. The molecule has 21 heavy (non-hydrogen) atoms. The van der Waals surface area contributed by atoms with E-state index in [-0.39, 0.29) is 5.91 Å². The number of benzene rings is 1. The molecule has 1 aromatic rings. The second-order valence-electron chi connectivity index (χ2n) is 5.17. The van der Waals surface area contributed by atoms with Crippen LogP contribution in [0.3, 0.4) is 0 Å². The number of nitrogen functional groups attached to an aromatic ring is 1. The number of amides is 1. The van der Waals surface area contributed by atoms with Crippen molar-refractivity contribution < 1.29 is 4.79 Å². The minimum Gasteiger partial charge on any atom is -0.397 e. The fourth-order valence-electron chi connectivity index (χ4n) is 2.13. The first-order valence-electron chi connectivity index (χ1n) is 7.64. The average molecular weight is 312 g/mol. The van der Waals surface area contributed by atoms with Crippen LogP contribution >= 0.6 is 11.6 Å². The van der Waals surface area contributed by atoms with Crippen LogP contribution in [0.1, 0.15) is 39.5 Å². The molecule has 1 amide bonds. The van der Waals surface area contributed by atoms with Gasteiger partial charge in [0, 0.05) is 11.4 Å². The van der Waals surface area contributed by atoms with Gasteiger partial charge in [-0.15, -0.1) is 0 Å². The van der Waals surface area contributed by atoms with Crippen LogP contribution in [0.4, 0.5) is 11.4 Å². The zero-order chi connectivity index (χ0) is 15.7. The largest absolute Gasteiger partial charge is 0.397 e. The number of nitrogens with one attached hydrogen (secondary N) is 1. The van der Waals surface area contributed by atoms with Crippen LogP contribution in [0.15, 0.2) is 18.2 Å². The summed E-state index contributed by atoms with van der Waals surface area (Å²) < 4.78 is 0. The van der Waals surface area contributed by atoms with Gasteiger partial charge in [0.05, 0.1) is 11.4 Å². The molecule has 0 saturated heterocycles. The monoisotopic (exact) mass is 311 g/mol. The lowest BCUT2D eigenvalue weighted by Crippen LogP contribution is -2.26. The number of halogens is 1. The van der Waals surface area contributed by atoms with Crippen molar-refractivity contribution in [3.8, 4) is 0 Å². The van der Waals surface area contributed by atoms with Crippen LogP contribution in [-0.2, 0) is 4.79 Å². The molecule has 0 fully saturated rings. The first-order chi connectivity index (χ1) is 10.1. The lowest BCUT2D eigenvalue weighted by Gasteiger charge is -2.19. The second-order valence-corrected chi connectivity index (χ2v) is 5.61. The van der Waals surface area contributed by atoms with Crippen molar-refractivity contribution in [2.45, 2.75) is 39.5 Å². The van der Waals surface area contributed by atoms with Crippen molar-refractivity contribution >= 4 is 28.9 Å². The number of nitrogens with zero attached hydrogens (tertiary/aromatic N) is 1. The Labute approximate surface area is 132 Å². The maximum absolute atomic E-state index is 11.9. The Hall–Kier alpha value is -1.26. The van der Waals surface area contributed by atoms with Gasteiger partial charge in [-0.3, -0.25) is 4.79 Å². The molecule has 4 nitrogen and oxygen atoms in total. The molecule has 0 heterocycles. The fourth-order valence-corrected chi connectivity index (χ4v) is 2.31. The van der Waals surface area contributed by atoms with Crippen molar-refractivity contribution in [3.63, 3.8) is 0 Å². The SMILES string of the molecule is CCCCN(CC)CCCC(=O)Nc1ccc(Cl)cc1N. The van der Waals surface area contributed by atoms with E-state index in [0.29, 0.717) is 22.8 Å². The van der Waals surface area contributed by atoms with Gasteiger partial charge in [-0.05, 0) is 50.7 Å². The minimum absolute atomic E-state index is 0.00410. The minimum atomic E-state index is -0.00410. The van der Waals surface area contributed by atoms with Gasteiger partial charge in [-0.25, -0.2) is 0 Å². The number of unbranched alkanes of at least 4 members (excludes halogenated alkanes) is 1. The molecular weight excluding hydrogens is 286 g/mol. The van der Waals surface area contributed by atoms with Crippen molar-refractivity contribution in [1.82, 2.24) is 4.90 Å². The highest BCUT2D eigenvalue weighted by molar-refractivity contribution is 6.31. The van der Waals surface area contributed by atoms with Crippen LogP contribution in [0, 0.1) is 0 Å². The molecule has 0 unspecified atom stereocenters. The van der Waals surface area contributed by atoms with Gasteiger partial charge in [0.25, 0.3) is 0 Å². The van der Waals surface area contributed by atoms with Gasteiger partial charge in [0.2, 0.25) is 5.91 Å². The highest BCUT2D eigenvalue weighted by Crippen LogP contribution is 2.22. The van der Waals surface area contributed by atoms with E-state index in [2.05, 4.69) is 24.1 Å². The number of nitrogens with two attached hydrogens (primary N) is 1. The molecule has 0 aliphatic rings. The van der Waals surface area contributed by atoms with E-state index in [4.69, 9.17) is 17.3 Å². The summed E-state index contributed by atoms with van der Waals surface area (Å²) in [5, 5.41) is 3.40. The molecule has 0 aliphatic carbocycles. The second kappa shape index (κ2) is 9.64. The van der Waals surface area contributed by atoms with E-state index >= 15 is 0 Å². The summed E-state index contributed by atoms with van der Waals surface area (Å²) in [4.78, 5) is 14.3. The van der Waals surface area contributed by atoms with Gasteiger partial charge >= 0.3 is 0 Å². The summed E-state index contributed by atoms with van der Waals surface area (Å²) in [6.45, 7) is 7.45. The summed E-state index contributed by atoms with van der Waals surface area (Å²) in [5.41, 5.74) is 6.94. The first kappa shape index (κ1) is 17.8. The van der Waals surface area contributed by atoms with Crippen molar-refractivity contribution in [2.75, 3.05) is 30.7 Å². The maximum atomic E-state index is 11.9. The highest BCUT2D eigenvalue weighted by atomic mass is 35.5. The quantitative estimate of drug-likeness (QED) is 0.683. The lowest BCUT2D eigenvalue weighted by atomic mass is 10.2. The smallest absolute Gasteiger partial charge is 0.224 e. The predicted molar refractivity (Wildman–Crippen MR) is 90.8 cm³/mol. The van der Waals surface area contributed by atoms with Gasteiger partial charge in [0.15, 0.2) is 0 Å². The topological polar surface area (TPSA) is 58.4 Å². The van der Waals surface area contributed by atoms with Crippen LogP contribution in [-0.4, -0.2) is 30.4 Å². The summed E-state index contributed by atoms with van der Waals surface area (Å²) in [5.74, 6) is -0.00410. The van der Waals surface area contributed by atoms with E-state index < -0.39 is 0 Å². The first-order valence-corrected chi connectivity index (χ1v) is 8.01. The maximum Gasteiger partial charge on any atom is 0.224 e. The predicted octanol–water partition coefficient (Wildman–Crippen LogP) is 3.76. The molecule has 3 N–H and O–H groups in total. The normalized spacial score (nSPS) is 10.9. The van der Waals surface area contributed by atoms with E-state index in [1.807, 2.05) is 0 Å². The number of anilines is 2.